The molecule has 0 aliphatic rings. The van der Waals surface area contributed by atoms with Crippen molar-refractivity contribution in [2.75, 3.05) is 13.7 Å². The molecule has 0 atom stereocenters. The molecular formula is C25H21N3O4S. The molecule has 3 aromatic carbocycles. The van der Waals surface area contributed by atoms with E-state index in [-0.39, 0.29) is 5.69 Å². The zero-order chi connectivity index (χ0) is 22.9. The fourth-order valence-electron chi connectivity index (χ4n) is 4.12. The average molecular weight is 460 g/mol. The summed E-state index contributed by atoms with van der Waals surface area (Å²) in [6.07, 6.45) is 0. The standard InChI is InChI=1S/C25H21N3O4S/c1-3-32-18-9-11-22-19(13-18)23(16-6-10-20-21(12-16)27-33-26-20)24(25(29)30)28(22)14-15-4-7-17(31-2)8-5-15/h4-13H,3,14H2,1-2H3,(H,29,30). The zero-order valence-electron chi connectivity index (χ0n) is 18.1. The predicted molar refractivity (Wildman–Crippen MR) is 129 cm³/mol. The molecule has 0 radical (unpaired) electrons. The fraction of sp³-hybridized carbons (Fsp3) is 0.160. The molecule has 33 heavy (non-hydrogen) atoms. The summed E-state index contributed by atoms with van der Waals surface area (Å²) in [5.74, 6) is 0.451. The third-order valence-corrected chi connectivity index (χ3v) is 6.15. The highest BCUT2D eigenvalue weighted by atomic mass is 32.1. The summed E-state index contributed by atoms with van der Waals surface area (Å²) in [5.41, 5.74) is 4.95. The Kier molecular flexibility index (Phi) is 5.43. The van der Waals surface area contributed by atoms with Crippen LogP contribution in [0.3, 0.4) is 0 Å². The van der Waals surface area contributed by atoms with Gasteiger partial charge in [0, 0.05) is 23.0 Å². The third-order valence-electron chi connectivity index (χ3n) is 5.59. The molecule has 2 heterocycles. The molecule has 0 aliphatic heterocycles. The van der Waals surface area contributed by atoms with Gasteiger partial charge < -0.3 is 19.1 Å². The number of carboxylic acids is 1. The van der Waals surface area contributed by atoms with E-state index in [0.717, 1.165) is 50.5 Å². The maximum absolute atomic E-state index is 12.6. The maximum atomic E-state index is 12.6. The molecule has 0 amide bonds. The van der Waals surface area contributed by atoms with Gasteiger partial charge in [-0.1, -0.05) is 18.2 Å². The summed E-state index contributed by atoms with van der Waals surface area (Å²) < 4.78 is 21.4. The second-order valence-corrected chi connectivity index (χ2v) is 8.07. The number of ether oxygens (including phenoxy) is 2. The van der Waals surface area contributed by atoms with E-state index in [2.05, 4.69) is 8.75 Å². The average Bonchev–Trinajstić information content (AvgIpc) is 3.41. The Bertz CT molecular complexity index is 1470. The van der Waals surface area contributed by atoms with Crippen LogP contribution in [0.25, 0.3) is 33.1 Å². The first-order valence-electron chi connectivity index (χ1n) is 10.5. The van der Waals surface area contributed by atoms with E-state index in [1.54, 1.807) is 7.11 Å². The number of methoxy groups -OCH3 is 1. The second kappa shape index (κ2) is 8.55. The molecule has 5 rings (SSSR count). The molecule has 0 aliphatic carbocycles. The normalized spacial score (nSPS) is 11.2. The molecule has 7 nitrogen and oxygen atoms in total. The Morgan fingerprint density at radius 2 is 1.76 bits per heavy atom. The van der Waals surface area contributed by atoms with Gasteiger partial charge in [0.05, 0.1) is 25.4 Å². The molecule has 0 saturated heterocycles. The number of aromatic carboxylic acids is 1. The van der Waals surface area contributed by atoms with E-state index in [9.17, 15) is 9.90 Å². The van der Waals surface area contributed by atoms with Crippen LogP contribution in [0, 0.1) is 0 Å². The molecular weight excluding hydrogens is 438 g/mol. The van der Waals surface area contributed by atoms with Crippen molar-refractivity contribution in [2.24, 2.45) is 0 Å². The molecule has 166 valence electrons. The van der Waals surface area contributed by atoms with Crippen LogP contribution >= 0.6 is 11.7 Å². The Balaban J connectivity index is 1.76. The van der Waals surface area contributed by atoms with Gasteiger partial charge in [-0.25, -0.2) is 4.79 Å². The number of hydrogen-bond acceptors (Lipinski definition) is 6. The van der Waals surface area contributed by atoms with Gasteiger partial charge in [-0.15, -0.1) is 0 Å². The molecule has 8 heteroatoms. The van der Waals surface area contributed by atoms with Crippen molar-refractivity contribution in [1.29, 1.82) is 0 Å². The zero-order valence-corrected chi connectivity index (χ0v) is 18.9. The topological polar surface area (TPSA) is 86.5 Å². The lowest BCUT2D eigenvalue weighted by Crippen LogP contribution is -2.10. The molecule has 0 unspecified atom stereocenters. The van der Waals surface area contributed by atoms with Crippen molar-refractivity contribution in [1.82, 2.24) is 13.3 Å². The van der Waals surface area contributed by atoms with E-state index in [0.29, 0.717) is 24.5 Å². The monoisotopic (exact) mass is 459 g/mol. The summed E-state index contributed by atoms with van der Waals surface area (Å²) in [6, 6.07) is 19.0. The lowest BCUT2D eigenvalue weighted by Gasteiger charge is -2.10. The van der Waals surface area contributed by atoms with E-state index < -0.39 is 5.97 Å². The van der Waals surface area contributed by atoms with Crippen molar-refractivity contribution < 1.29 is 19.4 Å². The molecule has 0 bridgehead atoms. The summed E-state index contributed by atoms with van der Waals surface area (Å²) in [5, 5.41) is 11.1. The van der Waals surface area contributed by atoms with E-state index in [1.807, 2.05) is 72.2 Å². The van der Waals surface area contributed by atoms with Crippen molar-refractivity contribution in [2.45, 2.75) is 13.5 Å². The van der Waals surface area contributed by atoms with E-state index in [1.165, 1.54) is 0 Å². The SMILES string of the molecule is CCOc1ccc2c(c1)c(-c1ccc3nsnc3c1)c(C(=O)O)n2Cc1ccc(OC)cc1. The molecule has 0 spiro atoms. The van der Waals surface area contributed by atoms with Crippen LogP contribution in [0.4, 0.5) is 0 Å². The van der Waals surface area contributed by atoms with Crippen LogP contribution in [-0.2, 0) is 6.54 Å². The van der Waals surface area contributed by atoms with Gasteiger partial charge in [0.1, 0.15) is 28.2 Å². The lowest BCUT2D eigenvalue weighted by molar-refractivity contribution is 0.0687. The Morgan fingerprint density at radius 1 is 1.00 bits per heavy atom. The largest absolute Gasteiger partial charge is 0.497 e. The number of nitrogens with zero attached hydrogens (tertiary/aromatic N) is 3. The molecule has 1 N–H and O–H groups in total. The fourth-order valence-corrected chi connectivity index (χ4v) is 4.64. The highest BCUT2D eigenvalue weighted by molar-refractivity contribution is 7.00. The smallest absolute Gasteiger partial charge is 0.353 e. The Hall–Kier alpha value is -3.91. The highest BCUT2D eigenvalue weighted by Gasteiger charge is 2.24. The summed E-state index contributed by atoms with van der Waals surface area (Å²) >= 11 is 1.14. The predicted octanol–water partition coefficient (Wildman–Crippen LogP) is 5.47. The van der Waals surface area contributed by atoms with Crippen LogP contribution in [0.1, 0.15) is 23.0 Å². The van der Waals surface area contributed by atoms with Gasteiger partial charge in [-0.2, -0.15) is 8.75 Å². The Morgan fingerprint density at radius 3 is 2.48 bits per heavy atom. The van der Waals surface area contributed by atoms with Crippen LogP contribution in [0.15, 0.2) is 60.7 Å². The van der Waals surface area contributed by atoms with Crippen LogP contribution in [0.2, 0.25) is 0 Å². The second-order valence-electron chi connectivity index (χ2n) is 7.54. The number of rotatable bonds is 7. The minimum Gasteiger partial charge on any atom is -0.497 e. The van der Waals surface area contributed by atoms with Gasteiger partial charge in [0.2, 0.25) is 0 Å². The molecule has 0 fully saturated rings. The third kappa shape index (κ3) is 3.78. The van der Waals surface area contributed by atoms with Gasteiger partial charge in [-0.05, 0) is 60.5 Å². The van der Waals surface area contributed by atoms with Gasteiger partial charge in [-0.3, -0.25) is 0 Å². The van der Waals surface area contributed by atoms with Crippen molar-refractivity contribution in [3.63, 3.8) is 0 Å². The maximum Gasteiger partial charge on any atom is 0.353 e. The first-order chi connectivity index (χ1) is 16.1. The number of aromatic nitrogens is 3. The van der Waals surface area contributed by atoms with Gasteiger partial charge in [0.15, 0.2) is 0 Å². The molecule has 2 aromatic heterocycles. The van der Waals surface area contributed by atoms with Crippen molar-refractivity contribution in [3.8, 4) is 22.6 Å². The summed E-state index contributed by atoms with van der Waals surface area (Å²) in [6.45, 7) is 2.85. The number of fused-ring (bicyclic) bond motifs is 2. The first-order valence-corrected chi connectivity index (χ1v) is 11.2. The quantitative estimate of drug-likeness (QED) is 0.347. The number of carbonyl (C=O) groups is 1. The first kappa shape index (κ1) is 21.0. The Labute approximate surface area is 194 Å². The summed E-state index contributed by atoms with van der Waals surface area (Å²) in [7, 11) is 1.62. The van der Waals surface area contributed by atoms with Crippen molar-refractivity contribution >= 4 is 39.6 Å². The van der Waals surface area contributed by atoms with Gasteiger partial charge >= 0.3 is 5.97 Å². The van der Waals surface area contributed by atoms with E-state index >= 15 is 0 Å². The van der Waals surface area contributed by atoms with Crippen molar-refractivity contribution in [3.05, 3.63) is 71.9 Å². The molecule has 5 aromatic rings. The summed E-state index contributed by atoms with van der Waals surface area (Å²) in [4.78, 5) is 12.6. The van der Waals surface area contributed by atoms with Crippen LogP contribution in [-0.4, -0.2) is 38.1 Å². The minimum absolute atomic E-state index is 0.219. The number of carboxylic acid groups (broad SMARTS) is 1. The lowest BCUT2D eigenvalue weighted by atomic mass is 10.0. The number of benzene rings is 3. The highest BCUT2D eigenvalue weighted by Crippen LogP contribution is 2.38. The molecule has 0 saturated carbocycles. The number of hydrogen-bond donors (Lipinski definition) is 1. The van der Waals surface area contributed by atoms with Crippen LogP contribution in [0.5, 0.6) is 11.5 Å². The van der Waals surface area contributed by atoms with E-state index in [4.69, 9.17) is 9.47 Å². The van der Waals surface area contributed by atoms with Gasteiger partial charge in [0.25, 0.3) is 0 Å². The minimum atomic E-state index is -0.996. The van der Waals surface area contributed by atoms with Crippen LogP contribution < -0.4 is 9.47 Å².